The lowest BCUT2D eigenvalue weighted by Gasteiger charge is -2.39. The Morgan fingerprint density at radius 3 is 2.92 bits per heavy atom. The van der Waals surface area contributed by atoms with Crippen LogP contribution in [-0.4, -0.2) is 74.9 Å². The maximum atomic E-state index is 12.9. The summed E-state index contributed by atoms with van der Waals surface area (Å²) in [4.78, 5) is 29.2. The average molecular weight is 343 g/mol. The van der Waals surface area contributed by atoms with Crippen molar-refractivity contribution in [3.63, 3.8) is 0 Å². The molecule has 2 aliphatic heterocycles. The lowest BCUT2D eigenvalue weighted by Crippen LogP contribution is -2.51. The molecule has 2 N–H and O–H groups in total. The first-order valence-electron chi connectivity index (χ1n) is 8.63. The van der Waals surface area contributed by atoms with Crippen LogP contribution in [0.4, 0.5) is 0 Å². The fraction of sp³-hybridized carbons (Fsp3) is 0.529. The number of aromatic amines is 1. The number of rotatable bonds is 3. The highest BCUT2D eigenvalue weighted by Gasteiger charge is 2.49. The van der Waals surface area contributed by atoms with Crippen LogP contribution < -0.4 is 0 Å². The number of aromatic nitrogens is 3. The van der Waals surface area contributed by atoms with Gasteiger partial charge in [0.15, 0.2) is 0 Å². The van der Waals surface area contributed by atoms with Gasteiger partial charge in [0, 0.05) is 31.7 Å². The number of aliphatic hydroxyl groups is 1. The number of hydrogen-bond donors (Lipinski definition) is 2. The maximum absolute atomic E-state index is 12.9. The molecule has 8 nitrogen and oxygen atoms in total. The van der Waals surface area contributed by atoms with Crippen LogP contribution in [-0.2, 0) is 4.79 Å². The molecule has 1 aromatic heterocycles. The van der Waals surface area contributed by atoms with Crippen LogP contribution in [0.3, 0.4) is 0 Å². The van der Waals surface area contributed by atoms with Gasteiger partial charge >= 0.3 is 0 Å². The molecule has 1 aromatic carbocycles. The molecule has 2 saturated heterocycles. The number of carbonyl (C=O) groups is 2. The molecule has 0 radical (unpaired) electrons. The van der Waals surface area contributed by atoms with Crippen LogP contribution >= 0.6 is 0 Å². The van der Waals surface area contributed by atoms with Gasteiger partial charge in [-0.05, 0) is 37.5 Å². The highest BCUT2D eigenvalue weighted by molar-refractivity contribution is 5.98. The monoisotopic (exact) mass is 343 g/mol. The summed E-state index contributed by atoms with van der Waals surface area (Å²) in [6, 6.07) is 5.25. The zero-order valence-electron chi connectivity index (χ0n) is 13.9. The second-order valence-electron chi connectivity index (χ2n) is 6.90. The van der Waals surface area contributed by atoms with Crippen molar-refractivity contribution in [2.75, 3.05) is 32.8 Å². The number of carbonyl (C=O) groups excluding carboxylic acids is 2. The fourth-order valence-corrected chi connectivity index (χ4v) is 4.07. The van der Waals surface area contributed by atoms with E-state index in [-0.39, 0.29) is 18.4 Å². The maximum Gasteiger partial charge on any atom is 0.253 e. The van der Waals surface area contributed by atoms with E-state index in [0.29, 0.717) is 43.7 Å². The molecule has 2 fully saturated rings. The van der Waals surface area contributed by atoms with Gasteiger partial charge in [-0.3, -0.25) is 9.59 Å². The van der Waals surface area contributed by atoms with E-state index in [9.17, 15) is 9.59 Å². The lowest BCUT2D eigenvalue weighted by molar-refractivity contribution is -0.146. The number of β-amino-alcohol motifs (C(OH)–C–C–N with tert-alkyl or cyclic N) is 1. The molecule has 0 saturated carbocycles. The Morgan fingerprint density at radius 2 is 2.08 bits per heavy atom. The molecule has 2 aliphatic rings. The highest BCUT2D eigenvalue weighted by Crippen LogP contribution is 2.40. The number of aliphatic hydroxyl groups excluding tert-OH is 1. The number of benzene rings is 1. The molecule has 2 amide bonds. The molecule has 1 spiro atoms. The zero-order valence-corrected chi connectivity index (χ0v) is 13.9. The molecule has 8 heteroatoms. The van der Waals surface area contributed by atoms with Gasteiger partial charge in [-0.2, -0.15) is 15.4 Å². The minimum absolute atomic E-state index is 0.0256. The summed E-state index contributed by atoms with van der Waals surface area (Å²) in [6.45, 7) is 2.06. The van der Waals surface area contributed by atoms with Gasteiger partial charge in [0.2, 0.25) is 5.91 Å². The molecule has 3 heterocycles. The summed E-state index contributed by atoms with van der Waals surface area (Å²) >= 11 is 0. The number of fused-ring (bicyclic) bond motifs is 1. The summed E-state index contributed by atoms with van der Waals surface area (Å²) < 4.78 is 0. The van der Waals surface area contributed by atoms with Crippen LogP contribution in [0.2, 0.25) is 0 Å². The Balaban J connectivity index is 1.53. The minimum atomic E-state index is -0.485. The zero-order chi connectivity index (χ0) is 17.4. The van der Waals surface area contributed by atoms with Crippen molar-refractivity contribution in [2.45, 2.75) is 19.3 Å². The van der Waals surface area contributed by atoms with Crippen molar-refractivity contribution >= 4 is 22.8 Å². The topological polar surface area (TPSA) is 102 Å². The molecular weight excluding hydrogens is 322 g/mol. The summed E-state index contributed by atoms with van der Waals surface area (Å²) in [5, 5.41) is 19.7. The molecule has 25 heavy (non-hydrogen) atoms. The van der Waals surface area contributed by atoms with Gasteiger partial charge in [0.25, 0.3) is 5.91 Å². The van der Waals surface area contributed by atoms with Crippen molar-refractivity contribution in [3.05, 3.63) is 23.8 Å². The van der Waals surface area contributed by atoms with E-state index in [1.54, 1.807) is 28.0 Å². The van der Waals surface area contributed by atoms with Crippen molar-refractivity contribution in [1.82, 2.24) is 25.2 Å². The average Bonchev–Trinajstić information content (AvgIpc) is 3.26. The Labute approximate surface area is 144 Å². The van der Waals surface area contributed by atoms with Crippen LogP contribution in [0.15, 0.2) is 18.2 Å². The number of likely N-dealkylation sites (tertiary alicyclic amines) is 2. The summed E-state index contributed by atoms with van der Waals surface area (Å²) in [6.07, 6.45) is 2.41. The molecule has 0 aliphatic carbocycles. The number of H-pyrrole nitrogens is 1. The minimum Gasteiger partial charge on any atom is -0.395 e. The molecular formula is C17H21N5O3. The third-order valence-electron chi connectivity index (χ3n) is 5.40. The number of amides is 2. The first-order valence-corrected chi connectivity index (χ1v) is 8.63. The third kappa shape index (κ3) is 2.66. The molecule has 4 rings (SSSR count). The number of piperidine rings is 1. The van der Waals surface area contributed by atoms with E-state index in [1.807, 2.05) is 0 Å². The van der Waals surface area contributed by atoms with Gasteiger partial charge < -0.3 is 14.9 Å². The van der Waals surface area contributed by atoms with Crippen LogP contribution in [0.5, 0.6) is 0 Å². The van der Waals surface area contributed by atoms with Gasteiger partial charge in [0.1, 0.15) is 11.0 Å². The predicted molar refractivity (Wildman–Crippen MR) is 89.7 cm³/mol. The van der Waals surface area contributed by atoms with Crippen molar-refractivity contribution in [3.8, 4) is 0 Å². The standard InChI is InChI=1S/C17H21N5O3/c23-9-8-21-6-1-4-17(16(21)25)5-7-22(11-17)15(24)12-2-3-13-14(10-12)19-20-18-13/h2-3,10,23H,1,4-9,11H2,(H,18,19,20). The predicted octanol–water partition coefficient (Wildman–Crippen LogP) is 0.405. The van der Waals surface area contributed by atoms with Gasteiger partial charge in [-0.1, -0.05) is 0 Å². The van der Waals surface area contributed by atoms with Crippen LogP contribution in [0.25, 0.3) is 11.0 Å². The van der Waals surface area contributed by atoms with E-state index < -0.39 is 5.41 Å². The molecule has 132 valence electrons. The molecule has 2 aromatic rings. The first-order chi connectivity index (χ1) is 12.1. The number of nitrogens with one attached hydrogen (secondary N) is 1. The summed E-state index contributed by atoms with van der Waals surface area (Å²) in [5.41, 5.74) is 1.45. The molecule has 1 unspecified atom stereocenters. The Morgan fingerprint density at radius 1 is 1.24 bits per heavy atom. The number of hydrogen-bond acceptors (Lipinski definition) is 5. The lowest BCUT2D eigenvalue weighted by atomic mass is 9.78. The largest absolute Gasteiger partial charge is 0.395 e. The second kappa shape index (κ2) is 6.11. The van der Waals surface area contributed by atoms with E-state index in [4.69, 9.17) is 5.11 Å². The molecule has 1 atom stereocenters. The van der Waals surface area contributed by atoms with Crippen molar-refractivity contribution < 1.29 is 14.7 Å². The van der Waals surface area contributed by atoms with Crippen molar-refractivity contribution in [1.29, 1.82) is 0 Å². The smallest absolute Gasteiger partial charge is 0.253 e. The fourth-order valence-electron chi connectivity index (χ4n) is 4.07. The SMILES string of the molecule is O=C(c1ccc2n[nH]nc2c1)N1CCC2(CCCN(CCO)C2=O)C1. The third-order valence-corrected chi connectivity index (χ3v) is 5.40. The van der Waals surface area contributed by atoms with Gasteiger partial charge in [0.05, 0.1) is 12.0 Å². The Hall–Kier alpha value is -2.48. The Kier molecular flexibility index (Phi) is 3.91. The first kappa shape index (κ1) is 16.0. The summed E-state index contributed by atoms with van der Waals surface area (Å²) in [5.74, 6) is 0.00362. The Bertz CT molecular complexity index is 817. The van der Waals surface area contributed by atoms with E-state index in [0.717, 1.165) is 18.4 Å². The van der Waals surface area contributed by atoms with E-state index in [2.05, 4.69) is 15.4 Å². The van der Waals surface area contributed by atoms with E-state index in [1.165, 1.54) is 0 Å². The second-order valence-corrected chi connectivity index (χ2v) is 6.90. The van der Waals surface area contributed by atoms with Crippen molar-refractivity contribution in [2.24, 2.45) is 5.41 Å². The quantitative estimate of drug-likeness (QED) is 0.840. The van der Waals surface area contributed by atoms with E-state index >= 15 is 0 Å². The van der Waals surface area contributed by atoms with Crippen LogP contribution in [0, 0.1) is 5.41 Å². The number of nitrogens with zero attached hydrogens (tertiary/aromatic N) is 4. The highest BCUT2D eigenvalue weighted by atomic mass is 16.3. The summed E-state index contributed by atoms with van der Waals surface area (Å²) in [7, 11) is 0. The molecule has 0 bridgehead atoms. The van der Waals surface area contributed by atoms with Gasteiger partial charge in [-0.15, -0.1) is 0 Å². The van der Waals surface area contributed by atoms with Crippen LogP contribution in [0.1, 0.15) is 29.6 Å². The normalized spacial score (nSPS) is 23.8. The van der Waals surface area contributed by atoms with Gasteiger partial charge in [-0.25, -0.2) is 0 Å².